The second kappa shape index (κ2) is 6.87. The maximum atomic E-state index is 12.9. The molecule has 0 spiro atoms. The summed E-state index contributed by atoms with van der Waals surface area (Å²) in [5.74, 6) is -0.0578. The van der Waals surface area contributed by atoms with Crippen molar-refractivity contribution in [3.8, 4) is 0 Å². The Morgan fingerprint density at radius 2 is 2.13 bits per heavy atom. The number of nitrogens with zero attached hydrogens (tertiary/aromatic N) is 2. The lowest BCUT2D eigenvalue weighted by Crippen LogP contribution is -2.63. The minimum atomic E-state index is -0.160. The van der Waals surface area contributed by atoms with Gasteiger partial charge in [-0.05, 0) is 25.8 Å². The number of rotatable bonds is 6. The molecule has 23 heavy (non-hydrogen) atoms. The zero-order valence-corrected chi connectivity index (χ0v) is 14.8. The van der Waals surface area contributed by atoms with Gasteiger partial charge in [0.1, 0.15) is 0 Å². The number of carbonyl (C=O) groups is 1. The van der Waals surface area contributed by atoms with Crippen molar-refractivity contribution in [2.24, 2.45) is 12.5 Å². The lowest BCUT2D eigenvalue weighted by atomic mass is 9.63. The maximum Gasteiger partial charge on any atom is 0.254 e. The van der Waals surface area contributed by atoms with Crippen LogP contribution in [0.25, 0.3) is 0 Å². The number of ether oxygens (including phenoxy) is 1. The number of hydrogen-bond acceptors (Lipinski definition) is 3. The molecule has 0 bridgehead atoms. The van der Waals surface area contributed by atoms with E-state index in [9.17, 15) is 9.59 Å². The highest BCUT2D eigenvalue weighted by Crippen LogP contribution is 2.46. The van der Waals surface area contributed by atoms with E-state index in [1.165, 1.54) is 10.6 Å². The Hall–Kier alpha value is -1.62. The van der Waals surface area contributed by atoms with Crippen LogP contribution in [0, 0.1) is 5.41 Å². The van der Waals surface area contributed by atoms with Gasteiger partial charge < -0.3 is 14.2 Å². The van der Waals surface area contributed by atoms with E-state index < -0.39 is 0 Å². The molecule has 1 aliphatic carbocycles. The molecule has 1 aromatic heterocycles. The monoisotopic (exact) mass is 320 g/mol. The third-order valence-corrected chi connectivity index (χ3v) is 4.95. The van der Waals surface area contributed by atoms with Crippen LogP contribution < -0.4 is 5.56 Å². The Morgan fingerprint density at radius 1 is 1.43 bits per heavy atom. The maximum absolute atomic E-state index is 12.9. The van der Waals surface area contributed by atoms with Crippen LogP contribution in [0.2, 0.25) is 0 Å². The molecule has 1 amide bonds. The van der Waals surface area contributed by atoms with Crippen LogP contribution in [0.4, 0.5) is 0 Å². The lowest BCUT2D eigenvalue weighted by molar-refractivity contribution is -0.140. The molecule has 2 atom stereocenters. The highest BCUT2D eigenvalue weighted by molar-refractivity contribution is 5.94. The van der Waals surface area contributed by atoms with E-state index in [1.54, 1.807) is 19.3 Å². The molecule has 2 rings (SSSR count). The summed E-state index contributed by atoms with van der Waals surface area (Å²) in [4.78, 5) is 26.7. The normalized spacial score (nSPS) is 22.5. The highest BCUT2D eigenvalue weighted by Gasteiger charge is 2.52. The van der Waals surface area contributed by atoms with Gasteiger partial charge in [0, 0.05) is 49.5 Å². The fourth-order valence-corrected chi connectivity index (χ4v) is 3.36. The summed E-state index contributed by atoms with van der Waals surface area (Å²) < 4.78 is 7.25. The second-order valence-electron chi connectivity index (χ2n) is 6.88. The van der Waals surface area contributed by atoms with Gasteiger partial charge in [-0.2, -0.15) is 0 Å². The molecule has 5 nitrogen and oxygen atoms in total. The van der Waals surface area contributed by atoms with Gasteiger partial charge in [-0.1, -0.05) is 20.8 Å². The molecule has 1 heterocycles. The smallest absolute Gasteiger partial charge is 0.254 e. The largest absolute Gasteiger partial charge is 0.378 e. The number of aryl methyl sites for hydroxylation is 1. The fraction of sp³-hybridized carbons (Fsp3) is 0.667. The molecular weight excluding hydrogens is 292 g/mol. The lowest BCUT2D eigenvalue weighted by Gasteiger charge is -2.55. The Kier molecular flexibility index (Phi) is 5.30. The standard InChI is InChI=1S/C18H28N2O3/c1-6-9-20(14-12-15(23-7-2)18(14,3)4)17(22)13-8-10-19(5)16(21)11-13/h8,10-11,14-15H,6-7,9,12H2,1-5H3. The molecule has 0 N–H and O–H groups in total. The average Bonchev–Trinajstić information content (AvgIpc) is 2.51. The van der Waals surface area contributed by atoms with Crippen molar-refractivity contribution in [3.63, 3.8) is 0 Å². The first-order chi connectivity index (χ1) is 10.8. The van der Waals surface area contributed by atoms with Crippen LogP contribution in [0.1, 0.15) is 50.9 Å². The number of amides is 1. The summed E-state index contributed by atoms with van der Waals surface area (Å²) >= 11 is 0. The Labute approximate surface area is 138 Å². The molecule has 1 aromatic rings. The zero-order valence-electron chi connectivity index (χ0n) is 14.8. The van der Waals surface area contributed by atoms with Crippen LogP contribution in [0.15, 0.2) is 23.1 Å². The average molecular weight is 320 g/mol. The summed E-state index contributed by atoms with van der Waals surface area (Å²) in [5, 5.41) is 0. The van der Waals surface area contributed by atoms with Gasteiger partial charge in [-0.25, -0.2) is 0 Å². The quantitative estimate of drug-likeness (QED) is 0.809. The van der Waals surface area contributed by atoms with Crippen molar-refractivity contribution in [1.82, 2.24) is 9.47 Å². The third-order valence-electron chi connectivity index (χ3n) is 4.95. The Morgan fingerprint density at radius 3 is 2.65 bits per heavy atom. The summed E-state index contributed by atoms with van der Waals surface area (Å²) in [6.45, 7) is 9.76. The molecular formula is C18H28N2O3. The molecule has 5 heteroatoms. The Bertz CT molecular complexity index is 621. The van der Waals surface area contributed by atoms with Gasteiger partial charge >= 0.3 is 0 Å². The van der Waals surface area contributed by atoms with Gasteiger partial charge in [-0.3, -0.25) is 9.59 Å². The predicted octanol–water partition coefficient (Wildman–Crippen LogP) is 2.44. The first-order valence-electron chi connectivity index (χ1n) is 8.42. The predicted molar refractivity (Wildman–Crippen MR) is 90.6 cm³/mol. The molecule has 128 valence electrons. The Balaban J connectivity index is 2.23. The first-order valence-corrected chi connectivity index (χ1v) is 8.42. The van der Waals surface area contributed by atoms with Gasteiger partial charge in [0.15, 0.2) is 0 Å². The van der Waals surface area contributed by atoms with E-state index in [0.717, 1.165) is 12.8 Å². The van der Waals surface area contributed by atoms with Crippen LogP contribution in [0.3, 0.4) is 0 Å². The van der Waals surface area contributed by atoms with Crippen molar-refractivity contribution < 1.29 is 9.53 Å². The summed E-state index contributed by atoms with van der Waals surface area (Å²) in [7, 11) is 1.68. The van der Waals surface area contributed by atoms with Crippen molar-refractivity contribution in [2.45, 2.75) is 52.7 Å². The summed E-state index contributed by atoms with van der Waals surface area (Å²) in [6.07, 6.45) is 3.59. The molecule has 1 aliphatic rings. The third kappa shape index (κ3) is 3.34. The zero-order chi connectivity index (χ0) is 17.2. The van der Waals surface area contributed by atoms with E-state index in [1.807, 2.05) is 11.8 Å². The minimum Gasteiger partial charge on any atom is -0.378 e. The van der Waals surface area contributed by atoms with Gasteiger partial charge in [0.25, 0.3) is 11.5 Å². The number of aromatic nitrogens is 1. The van der Waals surface area contributed by atoms with E-state index in [2.05, 4.69) is 20.8 Å². The van der Waals surface area contributed by atoms with Gasteiger partial charge in [0.05, 0.1) is 6.10 Å². The molecule has 0 saturated heterocycles. The van der Waals surface area contributed by atoms with Crippen LogP contribution in [0.5, 0.6) is 0 Å². The van der Waals surface area contributed by atoms with Crippen molar-refractivity contribution in [3.05, 3.63) is 34.2 Å². The fourth-order valence-electron chi connectivity index (χ4n) is 3.36. The number of carbonyl (C=O) groups excluding carboxylic acids is 1. The van der Waals surface area contributed by atoms with E-state index in [-0.39, 0.29) is 29.0 Å². The van der Waals surface area contributed by atoms with Crippen molar-refractivity contribution in [1.29, 1.82) is 0 Å². The number of hydrogen-bond donors (Lipinski definition) is 0. The summed E-state index contributed by atoms with van der Waals surface area (Å²) in [5.41, 5.74) is 0.241. The van der Waals surface area contributed by atoms with Crippen molar-refractivity contribution >= 4 is 5.91 Å². The van der Waals surface area contributed by atoms with E-state index >= 15 is 0 Å². The SMILES string of the molecule is CCCN(C(=O)c1ccn(C)c(=O)c1)C1CC(OCC)C1(C)C. The van der Waals surface area contributed by atoms with E-state index in [0.29, 0.717) is 18.7 Å². The molecule has 0 aliphatic heterocycles. The van der Waals surface area contributed by atoms with Crippen LogP contribution >= 0.6 is 0 Å². The minimum absolute atomic E-state index is 0.0578. The second-order valence-corrected chi connectivity index (χ2v) is 6.88. The number of pyridine rings is 1. The van der Waals surface area contributed by atoms with Crippen molar-refractivity contribution in [2.75, 3.05) is 13.2 Å². The molecule has 1 saturated carbocycles. The molecule has 1 fully saturated rings. The van der Waals surface area contributed by atoms with Gasteiger partial charge in [-0.15, -0.1) is 0 Å². The highest BCUT2D eigenvalue weighted by atomic mass is 16.5. The first kappa shape index (κ1) is 17.7. The topological polar surface area (TPSA) is 51.5 Å². The molecule has 2 unspecified atom stereocenters. The molecule has 0 aromatic carbocycles. The van der Waals surface area contributed by atoms with Crippen LogP contribution in [-0.4, -0.2) is 40.7 Å². The summed E-state index contributed by atoms with van der Waals surface area (Å²) in [6, 6.07) is 3.30. The van der Waals surface area contributed by atoms with Crippen LogP contribution in [-0.2, 0) is 11.8 Å². The molecule has 0 radical (unpaired) electrons. The van der Waals surface area contributed by atoms with Gasteiger partial charge in [0.2, 0.25) is 0 Å². The van der Waals surface area contributed by atoms with E-state index in [4.69, 9.17) is 4.74 Å².